The van der Waals surface area contributed by atoms with E-state index < -0.39 is 0 Å². The van der Waals surface area contributed by atoms with E-state index in [0.717, 1.165) is 26.1 Å². The fourth-order valence-corrected chi connectivity index (χ4v) is 3.79. The third-order valence-corrected chi connectivity index (χ3v) is 5.00. The quantitative estimate of drug-likeness (QED) is 0.787. The van der Waals surface area contributed by atoms with Crippen molar-refractivity contribution in [2.45, 2.75) is 59.5 Å². The molecule has 0 amide bonds. The third kappa shape index (κ3) is 4.95. The summed E-state index contributed by atoms with van der Waals surface area (Å²) in [6.07, 6.45) is 3.55. The fourth-order valence-electron chi connectivity index (χ4n) is 3.79. The monoisotopic (exact) mass is 318 g/mol. The Hall–Kier alpha value is -1.06. The molecular weight excluding hydrogens is 284 g/mol. The molecule has 0 saturated carbocycles. The Bertz CT molecular complexity index is 481. The number of hydrogen-bond acceptors (Lipinski definition) is 3. The highest BCUT2D eigenvalue weighted by molar-refractivity contribution is 5.36. The second kappa shape index (κ2) is 8.70. The SMILES string of the molecule is CCCN(CCC)C[C@H](C(C)C)N1CCc2ccc(O)cc2C1. The summed E-state index contributed by atoms with van der Waals surface area (Å²) in [5.74, 6) is 1.04. The number of nitrogens with zero attached hydrogens (tertiary/aromatic N) is 2. The standard InChI is InChI=1S/C20H34N2O/c1-5-10-21(11-6-2)15-20(16(3)4)22-12-9-17-7-8-19(23)13-18(17)14-22/h7-8,13,16,20,23H,5-6,9-12,14-15H2,1-4H3/t20-/m1/s1. The van der Waals surface area contributed by atoms with Crippen LogP contribution in [-0.2, 0) is 13.0 Å². The van der Waals surface area contributed by atoms with Gasteiger partial charge in [0.2, 0.25) is 0 Å². The van der Waals surface area contributed by atoms with Gasteiger partial charge in [-0.3, -0.25) is 4.90 Å². The number of aromatic hydroxyl groups is 1. The predicted octanol–water partition coefficient (Wildman–Crippen LogP) is 3.90. The van der Waals surface area contributed by atoms with Crippen molar-refractivity contribution in [1.82, 2.24) is 9.80 Å². The lowest BCUT2D eigenvalue weighted by molar-refractivity contribution is 0.0943. The molecule has 1 heterocycles. The Morgan fingerprint density at radius 3 is 2.43 bits per heavy atom. The van der Waals surface area contributed by atoms with E-state index in [1.165, 1.54) is 37.1 Å². The Kier molecular flexibility index (Phi) is 6.91. The van der Waals surface area contributed by atoms with Crippen LogP contribution in [0.25, 0.3) is 0 Å². The lowest BCUT2D eigenvalue weighted by Crippen LogP contribution is -2.49. The van der Waals surface area contributed by atoms with Gasteiger partial charge in [0.25, 0.3) is 0 Å². The molecule has 0 fully saturated rings. The van der Waals surface area contributed by atoms with E-state index in [0.29, 0.717) is 17.7 Å². The number of phenolic OH excluding ortho intramolecular Hbond substituents is 1. The summed E-state index contributed by atoms with van der Waals surface area (Å²) in [7, 11) is 0. The maximum atomic E-state index is 9.78. The van der Waals surface area contributed by atoms with Crippen molar-refractivity contribution in [2.24, 2.45) is 5.92 Å². The molecule has 0 unspecified atom stereocenters. The van der Waals surface area contributed by atoms with Crippen LogP contribution in [0.2, 0.25) is 0 Å². The van der Waals surface area contributed by atoms with E-state index in [1.807, 2.05) is 12.1 Å². The van der Waals surface area contributed by atoms with Gasteiger partial charge >= 0.3 is 0 Å². The maximum Gasteiger partial charge on any atom is 0.115 e. The van der Waals surface area contributed by atoms with E-state index in [9.17, 15) is 5.11 Å². The van der Waals surface area contributed by atoms with Crippen molar-refractivity contribution in [1.29, 1.82) is 0 Å². The minimum atomic E-state index is 0.394. The van der Waals surface area contributed by atoms with E-state index in [4.69, 9.17) is 0 Å². The van der Waals surface area contributed by atoms with Gasteiger partial charge in [-0.25, -0.2) is 0 Å². The van der Waals surface area contributed by atoms with Crippen molar-refractivity contribution in [2.75, 3.05) is 26.2 Å². The molecular formula is C20H34N2O. The topological polar surface area (TPSA) is 26.7 Å². The van der Waals surface area contributed by atoms with Gasteiger partial charge in [0.15, 0.2) is 0 Å². The first-order valence-electron chi connectivity index (χ1n) is 9.32. The van der Waals surface area contributed by atoms with Crippen molar-refractivity contribution in [3.63, 3.8) is 0 Å². The van der Waals surface area contributed by atoms with Crippen LogP contribution >= 0.6 is 0 Å². The third-order valence-electron chi connectivity index (χ3n) is 5.00. The minimum absolute atomic E-state index is 0.394. The minimum Gasteiger partial charge on any atom is -0.508 e. The summed E-state index contributed by atoms with van der Waals surface area (Å²) >= 11 is 0. The van der Waals surface area contributed by atoms with Crippen molar-refractivity contribution >= 4 is 0 Å². The molecule has 0 saturated heterocycles. The summed E-state index contributed by atoms with van der Waals surface area (Å²) in [5, 5.41) is 9.78. The number of fused-ring (bicyclic) bond motifs is 1. The Morgan fingerprint density at radius 1 is 1.13 bits per heavy atom. The molecule has 0 aliphatic carbocycles. The van der Waals surface area contributed by atoms with Crippen LogP contribution in [0, 0.1) is 5.92 Å². The van der Waals surface area contributed by atoms with Gasteiger partial charge in [0, 0.05) is 25.7 Å². The van der Waals surface area contributed by atoms with Gasteiger partial charge in [-0.1, -0.05) is 33.8 Å². The van der Waals surface area contributed by atoms with Crippen LogP contribution in [0.3, 0.4) is 0 Å². The number of rotatable bonds is 8. The lowest BCUT2D eigenvalue weighted by Gasteiger charge is -2.40. The van der Waals surface area contributed by atoms with E-state index in [-0.39, 0.29) is 0 Å². The van der Waals surface area contributed by atoms with E-state index in [2.05, 4.69) is 43.6 Å². The Balaban J connectivity index is 2.09. The molecule has 3 nitrogen and oxygen atoms in total. The summed E-state index contributed by atoms with van der Waals surface area (Å²) in [6, 6.07) is 6.45. The molecule has 1 aromatic rings. The average Bonchev–Trinajstić information content (AvgIpc) is 2.51. The highest BCUT2D eigenvalue weighted by Crippen LogP contribution is 2.26. The lowest BCUT2D eigenvalue weighted by atomic mass is 9.94. The molecule has 1 N–H and O–H groups in total. The molecule has 2 rings (SSSR count). The Morgan fingerprint density at radius 2 is 1.83 bits per heavy atom. The van der Waals surface area contributed by atoms with E-state index in [1.54, 1.807) is 0 Å². The van der Waals surface area contributed by atoms with Gasteiger partial charge in [0.1, 0.15) is 5.75 Å². The average molecular weight is 319 g/mol. The molecule has 0 radical (unpaired) electrons. The van der Waals surface area contributed by atoms with Crippen molar-refractivity contribution < 1.29 is 5.11 Å². The van der Waals surface area contributed by atoms with Crippen LogP contribution in [0.4, 0.5) is 0 Å². The molecule has 1 aliphatic heterocycles. The van der Waals surface area contributed by atoms with Crippen molar-refractivity contribution in [3.05, 3.63) is 29.3 Å². The summed E-state index contributed by atoms with van der Waals surface area (Å²) < 4.78 is 0. The zero-order chi connectivity index (χ0) is 16.8. The molecule has 130 valence electrons. The highest BCUT2D eigenvalue weighted by Gasteiger charge is 2.27. The fraction of sp³-hybridized carbons (Fsp3) is 0.700. The second-order valence-electron chi connectivity index (χ2n) is 7.29. The first kappa shape index (κ1) is 18.3. The number of hydrogen-bond donors (Lipinski definition) is 1. The molecule has 23 heavy (non-hydrogen) atoms. The molecule has 0 bridgehead atoms. The summed E-state index contributed by atoms with van der Waals surface area (Å²) in [4.78, 5) is 5.26. The van der Waals surface area contributed by atoms with Crippen LogP contribution in [0.15, 0.2) is 18.2 Å². The Labute approximate surface area is 142 Å². The molecule has 0 aromatic heterocycles. The summed E-state index contributed by atoms with van der Waals surface area (Å²) in [6.45, 7) is 14.9. The highest BCUT2D eigenvalue weighted by atomic mass is 16.3. The van der Waals surface area contributed by atoms with E-state index >= 15 is 0 Å². The largest absolute Gasteiger partial charge is 0.508 e. The predicted molar refractivity (Wildman–Crippen MR) is 97.9 cm³/mol. The number of benzene rings is 1. The zero-order valence-electron chi connectivity index (χ0n) is 15.4. The van der Waals surface area contributed by atoms with Crippen LogP contribution in [-0.4, -0.2) is 47.1 Å². The smallest absolute Gasteiger partial charge is 0.115 e. The second-order valence-corrected chi connectivity index (χ2v) is 7.29. The first-order chi connectivity index (χ1) is 11.0. The summed E-state index contributed by atoms with van der Waals surface area (Å²) in [5.41, 5.74) is 2.71. The van der Waals surface area contributed by atoms with Gasteiger partial charge < -0.3 is 10.0 Å². The van der Waals surface area contributed by atoms with Gasteiger partial charge in [-0.15, -0.1) is 0 Å². The zero-order valence-corrected chi connectivity index (χ0v) is 15.4. The first-order valence-corrected chi connectivity index (χ1v) is 9.32. The normalized spacial score (nSPS) is 16.8. The van der Waals surface area contributed by atoms with Crippen LogP contribution in [0.5, 0.6) is 5.75 Å². The molecule has 1 atom stereocenters. The van der Waals surface area contributed by atoms with Gasteiger partial charge in [-0.05, 0) is 61.5 Å². The van der Waals surface area contributed by atoms with Gasteiger partial charge in [0.05, 0.1) is 0 Å². The van der Waals surface area contributed by atoms with Gasteiger partial charge in [-0.2, -0.15) is 0 Å². The maximum absolute atomic E-state index is 9.78. The number of phenols is 1. The molecule has 1 aromatic carbocycles. The molecule has 1 aliphatic rings. The molecule has 0 spiro atoms. The van der Waals surface area contributed by atoms with Crippen LogP contribution in [0.1, 0.15) is 51.7 Å². The molecule has 3 heteroatoms. The van der Waals surface area contributed by atoms with Crippen LogP contribution < -0.4 is 0 Å². The van der Waals surface area contributed by atoms with Crippen molar-refractivity contribution in [3.8, 4) is 5.75 Å².